The number of aliphatic carboxylic acids is 1. The van der Waals surface area contributed by atoms with Gasteiger partial charge in [-0.2, -0.15) is 0 Å². The molecule has 0 saturated heterocycles. The molecule has 1 amide bonds. The van der Waals surface area contributed by atoms with Gasteiger partial charge in [-0.15, -0.1) is 11.8 Å². The third kappa shape index (κ3) is 5.13. The van der Waals surface area contributed by atoms with Gasteiger partial charge in [0.25, 0.3) is 0 Å². The molecule has 1 N–H and O–H groups in total. The second kappa shape index (κ2) is 7.79. The Morgan fingerprint density at radius 1 is 1.35 bits per heavy atom. The third-order valence-corrected chi connectivity index (χ3v) is 3.86. The molecule has 1 rings (SSSR count). The number of methoxy groups -OCH3 is 1. The van der Waals surface area contributed by atoms with Crippen molar-refractivity contribution >= 4 is 23.6 Å². The molecule has 1 unspecified atom stereocenters. The first-order valence-electron chi connectivity index (χ1n) is 6.21. The lowest BCUT2D eigenvalue weighted by Crippen LogP contribution is -2.34. The fraction of sp³-hybridized carbons (Fsp3) is 0.429. The summed E-state index contributed by atoms with van der Waals surface area (Å²) < 4.78 is 5.07. The standard InChI is InChI=1S/C14H19NO4S/c1-10(14(18)15(2)9-8-13(16)17)20-12-6-4-11(19-3)5-7-12/h4-7,10H,8-9H2,1-3H3,(H,16,17). The van der Waals surface area contributed by atoms with E-state index in [9.17, 15) is 9.59 Å². The SMILES string of the molecule is COc1ccc(SC(C)C(=O)N(C)CCC(=O)O)cc1. The van der Waals surface area contributed by atoms with Gasteiger partial charge in [0.15, 0.2) is 0 Å². The first kappa shape index (κ1) is 16.4. The van der Waals surface area contributed by atoms with Crippen molar-refractivity contribution < 1.29 is 19.4 Å². The van der Waals surface area contributed by atoms with Crippen molar-refractivity contribution in [1.82, 2.24) is 4.90 Å². The van der Waals surface area contributed by atoms with Crippen LogP contribution in [0.25, 0.3) is 0 Å². The Bertz CT molecular complexity index is 461. The number of amides is 1. The molecule has 1 atom stereocenters. The first-order chi connectivity index (χ1) is 9.43. The number of hydrogen-bond acceptors (Lipinski definition) is 4. The maximum absolute atomic E-state index is 12.1. The molecule has 20 heavy (non-hydrogen) atoms. The minimum Gasteiger partial charge on any atom is -0.497 e. The van der Waals surface area contributed by atoms with Crippen LogP contribution in [0, 0.1) is 0 Å². The summed E-state index contributed by atoms with van der Waals surface area (Å²) in [6, 6.07) is 7.47. The number of carbonyl (C=O) groups excluding carboxylic acids is 1. The Balaban J connectivity index is 2.53. The van der Waals surface area contributed by atoms with E-state index in [4.69, 9.17) is 9.84 Å². The molecular weight excluding hydrogens is 278 g/mol. The first-order valence-corrected chi connectivity index (χ1v) is 7.09. The van der Waals surface area contributed by atoms with E-state index in [-0.39, 0.29) is 24.1 Å². The van der Waals surface area contributed by atoms with Crippen LogP contribution in [0.3, 0.4) is 0 Å². The molecule has 1 aromatic rings. The molecule has 0 heterocycles. The highest BCUT2D eigenvalue weighted by atomic mass is 32.2. The molecule has 0 spiro atoms. The number of nitrogens with zero attached hydrogens (tertiary/aromatic N) is 1. The third-order valence-electron chi connectivity index (χ3n) is 2.76. The molecule has 0 saturated carbocycles. The summed E-state index contributed by atoms with van der Waals surface area (Å²) in [5.74, 6) is -0.209. The van der Waals surface area contributed by atoms with Crippen molar-refractivity contribution in [3.63, 3.8) is 0 Å². The molecule has 0 aromatic heterocycles. The quantitative estimate of drug-likeness (QED) is 0.781. The van der Waals surface area contributed by atoms with Crippen molar-refractivity contribution in [3.05, 3.63) is 24.3 Å². The fourth-order valence-electron chi connectivity index (χ4n) is 1.59. The van der Waals surface area contributed by atoms with E-state index >= 15 is 0 Å². The van der Waals surface area contributed by atoms with Crippen molar-refractivity contribution in [2.75, 3.05) is 20.7 Å². The molecule has 5 nitrogen and oxygen atoms in total. The van der Waals surface area contributed by atoms with Gasteiger partial charge >= 0.3 is 5.97 Å². The lowest BCUT2D eigenvalue weighted by atomic mass is 10.3. The van der Waals surface area contributed by atoms with Gasteiger partial charge in [-0.25, -0.2) is 0 Å². The Hall–Kier alpha value is -1.69. The predicted octanol–water partition coefficient (Wildman–Crippen LogP) is 2.11. The average Bonchev–Trinajstić information content (AvgIpc) is 2.44. The molecule has 0 aliphatic rings. The summed E-state index contributed by atoms with van der Waals surface area (Å²) in [6.45, 7) is 2.04. The van der Waals surface area contributed by atoms with E-state index < -0.39 is 5.97 Å². The Kier molecular flexibility index (Phi) is 6.38. The molecule has 1 aromatic carbocycles. The van der Waals surface area contributed by atoms with Crippen LogP contribution in [-0.4, -0.2) is 47.8 Å². The zero-order valence-electron chi connectivity index (χ0n) is 11.8. The van der Waals surface area contributed by atoms with Gasteiger partial charge in [0.1, 0.15) is 5.75 Å². The highest BCUT2D eigenvalue weighted by Gasteiger charge is 2.19. The average molecular weight is 297 g/mol. The van der Waals surface area contributed by atoms with E-state index in [1.807, 2.05) is 31.2 Å². The summed E-state index contributed by atoms with van der Waals surface area (Å²) in [5.41, 5.74) is 0. The number of thioether (sulfide) groups is 1. The number of hydrogen-bond donors (Lipinski definition) is 1. The van der Waals surface area contributed by atoms with Crippen LogP contribution in [0.5, 0.6) is 5.75 Å². The summed E-state index contributed by atoms with van der Waals surface area (Å²) in [5, 5.41) is 8.35. The van der Waals surface area contributed by atoms with Crippen LogP contribution < -0.4 is 4.74 Å². The van der Waals surface area contributed by atoms with Crippen molar-refractivity contribution in [1.29, 1.82) is 0 Å². The molecular formula is C14H19NO4S. The zero-order chi connectivity index (χ0) is 15.1. The molecule has 0 bridgehead atoms. The van der Waals surface area contributed by atoms with Crippen molar-refractivity contribution in [2.45, 2.75) is 23.5 Å². The van der Waals surface area contributed by atoms with Crippen molar-refractivity contribution in [2.24, 2.45) is 0 Å². The van der Waals surface area contributed by atoms with Gasteiger partial charge in [0, 0.05) is 18.5 Å². The molecule has 0 fully saturated rings. The van der Waals surface area contributed by atoms with E-state index in [0.29, 0.717) is 0 Å². The number of benzene rings is 1. The van der Waals surface area contributed by atoms with Gasteiger partial charge < -0.3 is 14.7 Å². The molecule has 6 heteroatoms. The van der Waals surface area contributed by atoms with Crippen LogP contribution in [0.15, 0.2) is 29.2 Å². The summed E-state index contributed by atoms with van der Waals surface area (Å²) in [7, 11) is 3.22. The lowest BCUT2D eigenvalue weighted by molar-refractivity contribution is -0.138. The minimum atomic E-state index is -0.903. The van der Waals surface area contributed by atoms with E-state index in [1.54, 1.807) is 14.2 Å². The Morgan fingerprint density at radius 2 is 1.95 bits per heavy atom. The van der Waals surface area contributed by atoms with Crippen LogP contribution in [0.2, 0.25) is 0 Å². The summed E-state index contributed by atoms with van der Waals surface area (Å²) in [4.78, 5) is 25.0. The molecule has 0 radical (unpaired) electrons. The number of rotatable bonds is 7. The zero-order valence-corrected chi connectivity index (χ0v) is 12.6. The molecule has 0 aliphatic heterocycles. The number of carbonyl (C=O) groups is 2. The predicted molar refractivity (Wildman–Crippen MR) is 78.2 cm³/mol. The van der Waals surface area contributed by atoms with Crippen LogP contribution >= 0.6 is 11.8 Å². The Labute approximate surface area is 122 Å². The summed E-state index contributed by atoms with van der Waals surface area (Å²) in [6.07, 6.45) is -0.0395. The fourth-order valence-corrected chi connectivity index (χ4v) is 2.57. The van der Waals surface area contributed by atoms with Crippen LogP contribution in [-0.2, 0) is 9.59 Å². The van der Waals surface area contributed by atoms with E-state index in [0.717, 1.165) is 10.6 Å². The minimum absolute atomic E-state index is 0.0395. The normalized spacial score (nSPS) is 11.8. The van der Waals surface area contributed by atoms with E-state index in [1.165, 1.54) is 16.7 Å². The maximum atomic E-state index is 12.1. The topological polar surface area (TPSA) is 66.8 Å². The summed E-state index contributed by atoms with van der Waals surface area (Å²) >= 11 is 1.44. The highest BCUT2D eigenvalue weighted by Crippen LogP contribution is 2.26. The maximum Gasteiger partial charge on any atom is 0.305 e. The molecule has 0 aliphatic carbocycles. The van der Waals surface area contributed by atoms with Crippen molar-refractivity contribution in [3.8, 4) is 5.75 Å². The smallest absolute Gasteiger partial charge is 0.305 e. The van der Waals surface area contributed by atoms with Gasteiger partial charge in [-0.1, -0.05) is 0 Å². The highest BCUT2D eigenvalue weighted by molar-refractivity contribution is 8.00. The lowest BCUT2D eigenvalue weighted by Gasteiger charge is -2.20. The number of ether oxygens (including phenoxy) is 1. The molecule has 110 valence electrons. The van der Waals surface area contributed by atoms with Crippen LogP contribution in [0.1, 0.15) is 13.3 Å². The number of carboxylic acid groups (broad SMARTS) is 1. The second-order valence-electron chi connectivity index (χ2n) is 4.34. The van der Waals surface area contributed by atoms with Gasteiger partial charge in [-0.3, -0.25) is 9.59 Å². The van der Waals surface area contributed by atoms with Gasteiger partial charge in [0.05, 0.1) is 18.8 Å². The van der Waals surface area contributed by atoms with E-state index in [2.05, 4.69) is 0 Å². The number of carboxylic acids is 1. The van der Waals surface area contributed by atoms with Gasteiger partial charge in [0.2, 0.25) is 5.91 Å². The monoisotopic (exact) mass is 297 g/mol. The Morgan fingerprint density at radius 3 is 2.45 bits per heavy atom. The second-order valence-corrected chi connectivity index (χ2v) is 5.75. The van der Waals surface area contributed by atoms with Gasteiger partial charge in [-0.05, 0) is 31.2 Å². The van der Waals surface area contributed by atoms with Crippen LogP contribution in [0.4, 0.5) is 0 Å². The largest absolute Gasteiger partial charge is 0.497 e.